The molecule has 0 aliphatic rings. The minimum Gasteiger partial charge on any atom is -0.497 e. The molecule has 0 saturated heterocycles. The van der Waals surface area contributed by atoms with Crippen LogP contribution in [-0.2, 0) is 6.32 Å². The first-order valence-corrected chi connectivity index (χ1v) is 6.89. The third-order valence-corrected chi connectivity index (χ3v) is 2.70. The summed E-state index contributed by atoms with van der Waals surface area (Å²) in [5, 5.41) is 0. The number of rotatable bonds is 4. The molecule has 0 unspecified atom stereocenters. The highest BCUT2D eigenvalue weighted by Crippen LogP contribution is 2.11. The average Bonchev–Trinajstić information content (AvgIpc) is 2.46. The molecule has 0 spiro atoms. The maximum atomic E-state index is 5.13. The Morgan fingerprint density at radius 3 is 1.95 bits per heavy atom. The van der Waals surface area contributed by atoms with Gasteiger partial charge in [0.05, 0.1) is 7.11 Å². The van der Waals surface area contributed by atoms with Gasteiger partial charge in [-0.2, -0.15) is 0 Å². The number of hydrogen-bond donors (Lipinski definition) is 0. The van der Waals surface area contributed by atoms with Gasteiger partial charge in [0.2, 0.25) is 0 Å². The first-order valence-electron chi connectivity index (χ1n) is 6.89. The van der Waals surface area contributed by atoms with Crippen LogP contribution in [0.2, 0.25) is 0 Å². The predicted octanol–water partition coefficient (Wildman–Crippen LogP) is 2.13. The van der Waals surface area contributed by atoms with Gasteiger partial charge in [0.15, 0.2) is 7.28 Å². The standard InChI is InChI=1S/C14H15BO.C3H9N/c1-16-14-9-7-12(8-10-14)11-15-13-5-3-2-4-6-13;1-4(2)3/h2-10,15H,11H2,1H3;1-3H3. The molecule has 2 aromatic carbocycles. The fourth-order valence-corrected chi connectivity index (χ4v) is 1.73. The van der Waals surface area contributed by atoms with E-state index in [1.54, 1.807) is 7.11 Å². The van der Waals surface area contributed by atoms with Gasteiger partial charge < -0.3 is 9.64 Å². The summed E-state index contributed by atoms with van der Waals surface area (Å²) >= 11 is 0. The zero-order chi connectivity index (χ0) is 14.8. The van der Waals surface area contributed by atoms with E-state index in [4.69, 9.17) is 4.74 Å². The van der Waals surface area contributed by atoms with Crippen molar-refractivity contribution in [1.82, 2.24) is 4.90 Å². The predicted molar refractivity (Wildman–Crippen MR) is 89.5 cm³/mol. The second-order valence-corrected chi connectivity index (χ2v) is 5.18. The van der Waals surface area contributed by atoms with Crippen molar-refractivity contribution in [3.63, 3.8) is 0 Å². The molecule has 20 heavy (non-hydrogen) atoms. The van der Waals surface area contributed by atoms with Crippen LogP contribution in [0.5, 0.6) is 5.75 Å². The normalized spacial score (nSPS) is 9.65. The van der Waals surface area contributed by atoms with Crippen LogP contribution in [0.15, 0.2) is 54.6 Å². The van der Waals surface area contributed by atoms with Crippen molar-refractivity contribution in [2.45, 2.75) is 6.32 Å². The molecular formula is C17H24BNO. The lowest BCUT2D eigenvalue weighted by atomic mass is 9.65. The minimum atomic E-state index is 0.920. The Bertz CT molecular complexity index is 465. The zero-order valence-corrected chi connectivity index (χ0v) is 13.0. The second kappa shape index (κ2) is 9.21. The molecule has 0 atom stereocenters. The Balaban J connectivity index is 0.000000444. The number of benzene rings is 2. The summed E-state index contributed by atoms with van der Waals surface area (Å²) in [6.07, 6.45) is 1.08. The van der Waals surface area contributed by atoms with Crippen LogP contribution in [-0.4, -0.2) is 40.4 Å². The number of nitrogens with zero attached hydrogens (tertiary/aromatic N) is 1. The summed E-state index contributed by atoms with van der Waals surface area (Å²) in [5.74, 6) is 0.920. The van der Waals surface area contributed by atoms with Crippen molar-refractivity contribution in [3.8, 4) is 5.75 Å². The second-order valence-electron chi connectivity index (χ2n) is 5.18. The molecular weight excluding hydrogens is 245 g/mol. The van der Waals surface area contributed by atoms with Gasteiger partial charge in [-0.1, -0.05) is 53.5 Å². The summed E-state index contributed by atoms with van der Waals surface area (Å²) in [5.41, 5.74) is 2.74. The van der Waals surface area contributed by atoms with Crippen LogP contribution in [0.1, 0.15) is 5.56 Å². The summed E-state index contributed by atoms with van der Waals surface area (Å²) in [6.45, 7) is 0. The third-order valence-electron chi connectivity index (χ3n) is 2.70. The molecule has 2 aromatic rings. The maximum Gasteiger partial charge on any atom is 0.162 e. The molecule has 0 saturated carbocycles. The lowest BCUT2D eigenvalue weighted by Crippen LogP contribution is -2.15. The van der Waals surface area contributed by atoms with Gasteiger partial charge in [-0.15, -0.1) is 0 Å². The van der Waals surface area contributed by atoms with Crippen molar-refractivity contribution in [2.24, 2.45) is 0 Å². The van der Waals surface area contributed by atoms with Gasteiger partial charge in [0.25, 0.3) is 0 Å². The van der Waals surface area contributed by atoms with E-state index in [1.165, 1.54) is 11.0 Å². The lowest BCUT2D eigenvalue weighted by molar-refractivity contribution is 0.414. The van der Waals surface area contributed by atoms with Gasteiger partial charge in [-0.3, -0.25) is 0 Å². The highest BCUT2D eigenvalue weighted by atomic mass is 16.5. The molecule has 0 amide bonds. The van der Waals surface area contributed by atoms with Crippen LogP contribution in [0.3, 0.4) is 0 Å². The lowest BCUT2D eigenvalue weighted by Gasteiger charge is -2.02. The van der Waals surface area contributed by atoms with E-state index in [1.807, 2.05) is 38.2 Å². The fourth-order valence-electron chi connectivity index (χ4n) is 1.73. The molecule has 0 radical (unpaired) electrons. The van der Waals surface area contributed by atoms with Gasteiger partial charge in [0, 0.05) is 0 Å². The van der Waals surface area contributed by atoms with Gasteiger partial charge in [0.1, 0.15) is 5.75 Å². The molecule has 0 bridgehead atoms. The monoisotopic (exact) mass is 269 g/mol. The molecule has 2 rings (SSSR count). The van der Waals surface area contributed by atoms with Crippen molar-refractivity contribution in [3.05, 3.63) is 60.2 Å². The smallest absolute Gasteiger partial charge is 0.162 e. The molecule has 3 heteroatoms. The molecule has 106 valence electrons. The first-order chi connectivity index (χ1) is 9.61. The highest BCUT2D eigenvalue weighted by molar-refractivity contribution is 6.52. The van der Waals surface area contributed by atoms with Gasteiger partial charge >= 0.3 is 0 Å². The van der Waals surface area contributed by atoms with Crippen LogP contribution in [0, 0.1) is 0 Å². The summed E-state index contributed by atoms with van der Waals surface area (Å²) in [6, 6.07) is 18.8. The third kappa shape index (κ3) is 7.00. The number of methoxy groups -OCH3 is 1. The Labute approximate surface area is 123 Å². The quantitative estimate of drug-likeness (QED) is 0.788. The Hall–Kier alpha value is -1.74. The Morgan fingerprint density at radius 1 is 0.900 bits per heavy atom. The van der Waals surface area contributed by atoms with E-state index < -0.39 is 0 Å². The Kier molecular flexibility index (Phi) is 7.52. The average molecular weight is 269 g/mol. The van der Waals surface area contributed by atoms with E-state index in [0.717, 1.165) is 19.3 Å². The zero-order valence-electron chi connectivity index (χ0n) is 13.0. The summed E-state index contributed by atoms with van der Waals surface area (Å²) < 4.78 is 5.13. The molecule has 0 heterocycles. The van der Waals surface area contributed by atoms with Crippen molar-refractivity contribution in [2.75, 3.05) is 28.3 Å². The summed E-state index contributed by atoms with van der Waals surface area (Å²) in [7, 11) is 8.78. The van der Waals surface area contributed by atoms with Crippen LogP contribution in [0.4, 0.5) is 0 Å². The largest absolute Gasteiger partial charge is 0.497 e. The molecule has 0 aliphatic heterocycles. The van der Waals surface area contributed by atoms with E-state index in [-0.39, 0.29) is 0 Å². The molecule has 0 N–H and O–H groups in total. The molecule has 2 nitrogen and oxygen atoms in total. The number of hydrogen-bond acceptors (Lipinski definition) is 2. The van der Waals surface area contributed by atoms with Crippen LogP contribution < -0.4 is 10.2 Å². The molecule has 0 aromatic heterocycles. The minimum absolute atomic E-state index is 0.920. The van der Waals surface area contributed by atoms with E-state index in [2.05, 4.69) is 42.5 Å². The fraction of sp³-hybridized carbons (Fsp3) is 0.294. The van der Waals surface area contributed by atoms with Crippen molar-refractivity contribution in [1.29, 1.82) is 0 Å². The summed E-state index contributed by atoms with van der Waals surface area (Å²) in [4.78, 5) is 2.00. The molecule has 0 aliphatic carbocycles. The molecule has 0 fully saturated rings. The van der Waals surface area contributed by atoms with Crippen LogP contribution >= 0.6 is 0 Å². The maximum absolute atomic E-state index is 5.13. The SMILES string of the molecule is CN(C)C.COc1ccc(CBc2ccccc2)cc1. The van der Waals surface area contributed by atoms with Gasteiger partial charge in [-0.25, -0.2) is 0 Å². The van der Waals surface area contributed by atoms with E-state index in [9.17, 15) is 0 Å². The first kappa shape index (κ1) is 16.3. The van der Waals surface area contributed by atoms with E-state index in [0.29, 0.717) is 0 Å². The van der Waals surface area contributed by atoms with Crippen LogP contribution in [0.25, 0.3) is 0 Å². The highest BCUT2D eigenvalue weighted by Gasteiger charge is 1.98. The van der Waals surface area contributed by atoms with Crippen molar-refractivity contribution >= 4 is 12.7 Å². The topological polar surface area (TPSA) is 12.5 Å². The van der Waals surface area contributed by atoms with E-state index >= 15 is 0 Å². The number of ether oxygens (including phenoxy) is 1. The Morgan fingerprint density at radius 2 is 1.45 bits per heavy atom. The van der Waals surface area contributed by atoms with Crippen molar-refractivity contribution < 1.29 is 4.74 Å². The van der Waals surface area contributed by atoms with Gasteiger partial charge in [-0.05, 0) is 39.6 Å².